The third-order valence-corrected chi connectivity index (χ3v) is 9.03. The highest BCUT2D eigenvalue weighted by Crippen LogP contribution is 2.36. The molecule has 4 aliphatic heterocycles. The summed E-state index contributed by atoms with van der Waals surface area (Å²) in [5.74, 6) is -1.45. The Balaban J connectivity index is 1.28. The first kappa shape index (κ1) is 24.8. The van der Waals surface area contributed by atoms with Crippen molar-refractivity contribution in [2.75, 3.05) is 11.5 Å². The van der Waals surface area contributed by atoms with Crippen LogP contribution in [0.25, 0.3) is 0 Å². The van der Waals surface area contributed by atoms with Crippen LogP contribution in [0.15, 0.2) is 36.4 Å². The number of nitrogen functional groups attached to an aromatic ring is 2. The summed E-state index contributed by atoms with van der Waals surface area (Å²) in [5.41, 5.74) is 16.9. The topological polar surface area (TPSA) is 116 Å². The van der Waals surface area contributed by atoms with Crippen molar-refractivity contribution in [2.24, 2.45) is 0 Å². The second kappa shape index (κ2) is 9.07. The number of fused-ring (bicyclic) bond motifs is 2. The number of rotatable bonds is 3. The largest absolute Gasteiger partial charge is 0.398 e. The molecule has 0 aromatic heterocycles. The number of anilines is 2. The second-order valence-electron chi connectivity index (χ2n) is 9.81. The maximum Gasteiger partial charge on any atom is 0.271 e. The molecule has 0 spiro atoms. The first-order valence-electron chi connectivity index (χ1n) is 12.3. The van der Waals surface area contributed by atoms with Crippen LogP contribution in [0.1, 0.15) is 47.9 Å². The molecule has 2 fully saturated rings. The van der Waals surface area contributed by atoms with Crippen LogP contribution in [-0.2, 0) is 27.5 Å². The highest BCUT2D eigenvalue weighted by atomic mass is 32.1. The normalized spacial score (nSPS) is 23.5. The van der Waals surface area contributed by atoms with Crippen molar-refractivity contribution in [3.63, 3.8) is 0 Å². The Morgan fingerprint density at radius 1 is 0.684 bits per heavy atom. The number of benzene rings is 2. The Morgan fingerprint density at radius 3 is 1.66 bits per heavy atom. The van der Waals surface area contributed by atoms with Crippen molar-refractivity contribution in [1.82, 2.24) is 19.8 Å². The Hall–Kier alpha value is -3.48. The summed E-state index contributed by atoms with van der Waals surface area (Å²) in [6.45, 7) is 0.742. The molecule has 0 aliphatic carbocycles. The van der Waals surface area contributed by atoms with Gasteiger partial charge in [-0.2, -0.15) is 5.01 Å². The zero-order chi connectivity index (χ0) is 26.9. The zero-order valence-corrected chi connectivity index (χ0v) is 22.7. The predicted molar refractivity (Wildman–Crippen MR) is 154 cm³/mol. The van der Waals surface area contributed by atoms with E-state index in [1.54, 1.807) is 17.0 Å². The fourth-order valence-electron chi connectivity index (χ4n) is 5.77. The average molecular weight is 565 g/mol. The van der Waals surface area contributed by atoms with E-state index in [9.17, 15) is 14.4 Å². The van der Waals surface area contributed by atoms with Crippen LogP contribution in [0.3, 0.4) is 0 Å². The first-order valence-corrected chi connectivity index (χ1v) is 13.5. The van der Waals surface area contributed by atoms with Gasteiger partial charge in [-0.25, -0.2) is 5.01 Å². The van der Waals surface area contributed by atoms with Crippen molar-refractivity contribution in [3.8, 4) is 0 Å². The van der Waals surface area contributed by atoms with Gasteiger partial charge < -0.3 is 21.3 Å². The molecule has 2 atom stereocenters. The molecule has 2 saturated heterocycles. The van der Waals surface area contributed by atoms with Gasteiger partial charge in [0.25, 0.3) is 11.8 Å². The molecule has 0 saturated carbocycles. The number of piperidine rings is 2. The lowest BCUT2D eigenvalue weighted by molar-refractivity contribution is -0.174. The van der Waals surface area contributed by atoms with Crippen LogP contribution in [0.2, 0.25) is 0 Å². The molecule has 2 aromatic rings. The molecule has 6 rings (SSSR count). The molecular weight excluding hydrogens is 541 g/mol. The lowest BCUT2D eigenvalue weighted by atomic mass is 10.0. The minimum absolute atomic E-state index is 0.0719. The number of nitrogens with zero attached hydrogens (tertiary/aromatic N) is 4. The Bertz CT molecular complexity index is 1370. The second-order valence-corrected chi connectivity index (χ2v) is 11.1. The molecule has 9 nitrogen and oxygen atoms in total. The van der Waals surface area contributed by atoms with E-state index in [2.05, 4.69) is 0 Å². The summed E-state index contributed by atoms with van der Waals surface area (Å²) < 4.78 is 0. The van der Waals surface area contributed by atoms with E-state index in [0.29, 0.717) is 47.3 Å². The molecule has 0 radical (unpaired) electrons. The summed E-state index contributed by atoms with van der Waals surface area (Å²) in [6.07, 6.45) is 1.13. The monoisotopic (exact) mass is 564 g/mol. The smallest absolute Gasteiger partial charge is 0.271 e. The first-order chi connectivity index (χ1) is 18.2. The number of hydrogen-bond donors (Lipinski definition) is 2. The van der Waals surface area contributed by atoms with Gasteiger partial charge in [-0.15, -0.1) is 0 Å². The standard InChI is InChI=1S/C26H24N6O3S3/c27-17-5-1-3-13-15(17)11-29(25(13)37)19-7-9-21(33)31(23(19)34)32-22(36)10-8-20(24(32)35)30-12-16-14(26(30)38)4-2-6-18(16)28/h1-6,19-20H,7-12,27-28H2. The van der Waals surface area contributed by atoms with Crippen molar-refractivity contribution < 1.29 is 14.4 Å². The van der Waals surface area contributed by atoms with Crippen LogP contribution in [0.5, 0.6) is 0 Å². The number of thiocarbonyl (C=S) groups is 3. The molecule has 4 N–H and O–H groups in total. The highest BCUT2D eigenvalue weighted by molar-refractivity contribution is 7.81. The molecule has 38 heavy (non-hydrogen) atoms. The van der Waals surface area contributed by atoms with Gasteiger partial charge in [-0.1, -0.05) is 60.9 Å². The molecular formula is C26H24N6O3S3. The SMILES string of the molecule is Nc1cccc2c1CN(C1CCC(=O)N(N3C(=O)C(N4Cc5c(N)cccc5C4=S)CCC3=S)C1=O)C2=S. The van der Waals surface area contributed by atoms with E-state index in [4.69, 9.17) is 48.1 Å². The van der Waals surface area contributed by atoms with Crippen LogP contribution in [-0.4, -0.2) is 64.6 Å². The van der Waals surface area contributed by atoms with Gasteiger partial charge in [0.05, 0.1) is 0 Å². The average Bonchev–Trinajstić information content (AvgIpc) is 3.40. The summed E-state index contributed by atoms with van der Waals surface area (Å²) in [6, 6.07) is 9.60. The minimum atomic E-state index is -0.722. The van der Waals surface area contributed by atoms with Crippen molar-refractivity contribution in [3.05, 3.63) is 58.7 Å². The summed E-state index contributed by atoms with van der Waals surface area (Å²) in [4.78, 5) is 45.8. The lowest BCUT2D eigenvalue weighted by Gasteiger charge is -2.45. The van der Waals surface area contributed by atoms with Crippen LogP contribution < -0.4 is 11.5 Å². The van der Waals surface area contributed by atoms with Gasteiger partial charge in [0.2, 0.25) is 5.91 Å². The third kappa shape index (κ3) is 3.62. The maximum atomic E-state index is 13.9. The molecule has 2 unspecified atom stereocenters. The molecule has 3 amide bonds. The van der Waals surface area contributed by atoms with Crippen molar-refractivity contribution >= 4 is 80.7 Å². The summed E-state index contributed by atoms with van der Waals surface area (Å²) >= 11 is 16.9. The molecule has 4 aliphatic rings. The number of hydrazine groups is 1. The van der Waals surface area contributed by atoms with E-state index in [1.807, 2.05) is 29.2 Å². The lowest BCUT2D eigenvalue weighted by Crippen LogP contribution is -2.66. The molecule has 4 heterocycles. The van der Waals surface area contributed by atoms with E-state index in [-0.39, 0.29) is 17.8 Å². The molecule has 0 bridgehead atoms. The minimum Gasteiger partial charge on any atom is -0.398 e. The summed E-state index contributed by atoms with van der Waals surface area (Å²) in [5, 5.41) is 2.02. The zero-order valence-electron chi connectivity index (χ0n) is 20.3. The fraction of sp³-hybridized carbons (Fsp3) is 0.308. The number of carbonyl (C=O) groups excluding carboxylic acids is 3. The van der Waals surface area contributed by atoms with Gasteiger partial charge in [-0.05, 0) is 25.0 Å². The summed E-state index contributed by atoms with van der Waals surface area (Å²) in [7, 11) is 0. The number of carbonyl (C=O) groups is 3. The van der Waals surface area contributed by atoms with Crippen molar-refractivity contribution in [2.45, 2.75) is 50.9 Å². The van der Waals surface area contributed by atoms with Gasteiger partial charge in [0.15, 0.2) is 0 Å². The van der Waals surface area contributed by atoms with Gasteiger partial charge in [-0.3, -0.25) is 14.4 Å². The van der Waals surface area contributed by atoms with Crippen LogP contribution in [0, 0.1) is 0 Å². The van der Waals surface area contributed by atoms with Crippen LogP contribution in [0.4, 0.5) is 11.4 Å². The van der Waals surface area contributed by atoms with E-state index in [0.717, 1.165) is 32.3 Å². The van der Waals surface area contributed by atoms with Gasteiger partial charge >= 0.3 is 0 Å². The Kier molecular flexibility index (Phi) is 5.93. The predicted octanol–water partition coefficient (Wildman–Crippen LogP) is 2.28. The van der Waals surface area contributed by atoms with E-state index in [1.165, 1.54) is 0 Å². The Morgan fingerprint density at radius 2 is 1.16 bits per heavy atom. The van der Waals surface area contributed by atoms with E-state index >= 15 is 0 Å². The number of hydrogen-bond acceptors (Lipinski definition) is 8. The molecule has 194 valence electrons. The van der Waals surface area contributed by atoms with Gasteiger partial charge in [0, 0.05) is 59.6 Å². The third-order valence-electron chi connectivity index (χ3n) is 7.74. The quantitative estimate of drug-likeness (QED) is 0.327. The fourth-order valence-corrected chi connectivity index (χ4v) is 6.82. The number of imide groups is 1. The van der Waals surface area contributed by atoms with Crippen LogP contribution >= 0.6 is 36.7 Å². The highest BCUT2D eigenvalue weighted by Gasteiger charge is 2.49. The molecule has 2 aromatic carbocycles. The molecule has 12 heteroatoms. The van der Waals surface area contributed by atoms with Gasteiger partial charge in [0.1, 0.15) is 27.0 Å². The van der Waals surface area contributed by atoms with Crippen molar-refractivity contribution in [1.29, 1.82) is 0 Å². The van der Waals surface area contributed by atoms with E-state index < -0.39 is 29.8 Å². The Labute approximate surface area is 235 Å². The number of amides is 3. The maximum absolute atomic E-state index is 13.9. The number of nitrogens with two attached hydrogens (primary N) is 2.